The molecule has 2 nitrogen and oxygen atoms in total. The van der Waals surface area contributed by atoms with Crippen LogP contribution in [0.1, 0.15) is 28.3 Å². The van der Waals surface area contributed by atoms with Crippen LogP contribution in [-0.2, 0) is 0 Å². The molecule has 0 fully saturated rings. The molecule has 1 N–H and O–H groups in total. The summed E-state index contributed by atoms with van der Waals surface area (Å²) in [6, 6.07) is 12.4. The van der Waals surface area contributed by atoms with E-state index >= 15 is 0 Å². The summed E-state index contributed by atoms with van der Waals surface area (Å²) in [4.78, 5) is 0. The van der Waals surface area contributed by atoms with E-state index in [1.165, 1.54) is 16.7 Å². The Kier molecular flexibility index (Phi) is 5.27. The molecule has 0 saturated carbocycles. The summed E-state index contributed by atoms with van der Waals surface area (Å²) in [6.07, 6.45) is 0. The van der Waals surface area contributed by atoms with Crippen molar-refractivity contribution in [3.8, 4) is 5.75 Å². The van der Waals surface area contributed by atoms with Gasteiger partial charge in [0, 0.05) is 5.02 Å². The number of hydrogen-bond donors (Lipinski definition) is 1. The van der Waals surface area contributed by atoms with Crippen molar-refractivity contribution in [1.29, 1.82) is 0 Å². The Labute approximate surface area is 132 Å². The predicted molar refractivity (Wildman–Crippen MR) is 89.4 cm³/mol. The van der Waals surface area contributed by atoms with Crippen molar-refractivity contribution >= 4 is 11.6 Å². The number of nitrogens with one attached hydrogen (secondary N) is 1. The number of rotatable bonds is 5. The molecule has 0 aliphatic carbocycles. The van der Waals surface area contributed by atoms with Crippen molar-refractivity contribution in [2.75, 3.05) is 13.7 Å². The molecule has 0 radical (unpaired) electrons. The second kappa shape index (κ2) is 6.97. The molecule has 0 aliphatic heterocycles. The number of hydrogen-bond acceptors (Lipinski definition) is 2. The smallest absolute Gasteiger partial charge is 0.123 e. The fourth-order valence-corrected chi connectivity index (χ4v) is 2.53. The molecule has 2 aromatic rings. The lowest BCUT2D eigenvalue weighted by Gasteiger charge is -2.21. The van der Waals surface area contributed by atoms with Crippen LogP contribution in [0.25, 0.3) is 0 Å². The minimum atomic E-state index is 0.156. The maximum Gasteiger partial charge on any atom is 0.123 e. The Morgan fingerprint density at radius 2 is 1.76 bits per heavy atom. The zero-order valence-corrected chi connectivity index (χ0v) is 13.8. The first-order valence-electron chi connectivity index (χ1n) is 7.14. The molecule has 112 valence electrons. The molecule has 0 aromatic heterocycles. The summed E-state index contributed by atoms with van der Waals surface area (Å²) in [7, 11) is 1.96. The van der Waals surface area contributed by atoms with Crippen molar-refractivity contribution in [1.82, 2.24) is 5.32 Å². The van der Waals surface area contributed by atoms with E-state index in [9.17, 15) is 0 Å². The maximum atomic E-state index is 6.03. The highest BCUT2D eigenvalue weighted by Crippen LogP contribution is 2.25. The van der Waals surface area contributed by atoms with Gasteiger partial charge in [-0.2, -0.15) is 0 Å². The van der Waals surface area contributed by atoms with Crippen LogP contribution in [0.5, 0.6) is 5.75 Å². The van der Waals surface area contributed by atoms with E-state index in [1.54, 1.807) is 0 Å². The average Bonchev–Trinajstić information content (AvgIpc) is 2.46. The van der Waals surface area contributed by atoms with Gasteiger partial charge in [-0.25, -0.2) is 0 Å². The highest BCUT2D eigenvalue weighted by molar-refractivity contribution is 6.30. The molecule has 1 unspecified atom stereocenters. The molecular formula is C18H22ClNO. The Balaban J connectivity index is 2.16. The van der Waals surface area contributed by atoms with E-state index in [-0.39, 0.29) is 6.04 Å². The molecule has 0 spiro atoms. The van der Waals surface area contributed by atoms with E-state index in [0.717, 1.165) is 11.3 Å². The lowest BCUT2D eigenvalue weighted by molar-refractivity contribution is 0.271. The quantitative estimate of drug-likeness (QED) is 0.871. The third-order valence-electron chi connectivity index (χ3n) is 3.71. The van der Waals surface area contributed by atoms with E-state index in [4.69, 9.17) is 16.3 Å². The third-order valence-corrected chi connectivity index (χ3v) is 3.95. The van der Waals surface area contributed by atoms with Gasteiger partial charge < -0.3 is 10.1 Å². The molecule has 0 amide bonds. The molecule has 1 atom stereocenters. The van der Waals surface area contributed by atoms with Crippen LogP contribution < -0.4 is 10.1 Å². The Bertz CT molecular complexity index is 625. The number of aryl methyl sites for hydroxylation is 3. The summed E-state index contributed by atoms with van der Waals surface area (Å²) in [5, 5.41) is 4.03. The monoisotopic (exact) mass is 303 g/mol. The minimum absolute atomic E-state index is 0.156. The number of benzene rings is 2. The van der Waals surface area contributed by atoms with Crippen molar-refractivity contribution in [2.45, 2.75) is 26.8 Å². The lowest BCUT2D eigenvalue weighted by Crippen LogP contribution is -2.24. The van der Waals surface area contributed by atoms with Crippen LogP contribution in [0, 0.1) is 20.8 Å². The molecule has 21 heavy (non-hydrogen) atoms. The van der Waals surface area contributed by atoms with Gasteiger partial charge in [-0.1, -0.05) is 41.4 Å². The highest BCUT2D eigenvalue weighted by atomic mass is 35.5. The van der Waals surface area contributed by atoms with Crippen molar-refractivity contribution < 1.29 is 4.74 Å². The molecule has 3 heteroatoms. The summed E-state index contributed by atoms with van der Waals surface area (Å²) < 4.78 is 5.97. The fraction of sp³-hybridized carbons (Fsp3) is 0.333. The maximum absolute atomic E-state index is 6.03. The first kappa shape index (κ1) is 15.9. The van der Waals surface area contributed by atoms with Gasteiger partial charge in [0.25, 0.3) is 0 Å². The second-order valence-electron chi connectivity index (χ2n) is 5.42. The Morgan fingerprint density at radius 3 is 2.48 bits per heavy atom. The van der Waals surface area contributed by atoms with E-state index in [2.05, 4.69) is 37.4 Å². The molecule has 0 heterocycles. The number of ether oxygens (including phenoxy) is 1. The molecule has 0 saturated heterocycles. The van der Waals surface area contributed by atoms with Gasteiger partial charge in [0.05, 0.1) is 6.04 Å². The zero-order valence-electron chi connectivity index (χ0n) is 13.0. The van der Waals surface area contributed by atoms with Crippen molar-refractivity contribution in [2.24, 2.45) is 0 Å². The SMILES string of the molecule is CNC(COc1cc(Cl)ccc1C)c1cc(C)ccc1C. The van der Waals surface area contributed by atoms with Crippen LogP contribution in [0.2, 0.25) is 5.02 Å². The van der Waals surface area contributed by atoms with Gasteiger partial charge in [0.2, 0.25) is 0 Å². The lowest BCUT2D eigenvalue weighted by atomic mass is 9.99. The standard InChI is InChI=1S/C18H22ClNO/c1-12-5-6-13(2)16(9-12)17(20-4)11-21-18-10-15(19)8-7-14(18)3/h5-10,17,20H,11H2,1-4H3. The molecular weight excluding hydrogens is 282 g/mol. The van der Waals surface area contributed by atoms with E-state index < -0.39 is 0 Å². The predicted octanol–water partition coefficient (Wildman–Crippen LogP) is 4.60. The molecule has 2 aromatic carbocycles. The third kappa shape index (κ3) is 3.99. The zero-order chi connectivity index (χ0) is 15.4. The largest absolute Gasteiger partial charge is 0.491 e. The molecule has 0 bridgehead atoms. The van der Waals surface area contributed by atoms with E-state index in [0.29, 0.717) is 11.6 Å². The highest BCUT2D eigenvalue weighted by Gasteiger charge is 2.13. The normalized spacial score (nSPS) is 12.2. The minimum Gasteiger partial charge on any atom is -0.491 e. The second-order valence-corrected chi connectivity index (χ2v) is 5.86. The summed E-state index contributed by atoms with van der Waals surface area (Å²) >= 11 is 6.03. The fourth-order valence-electron chi connectivity index (χ4n) is 2.37. The first-order valence-corrected chi connectivity index (χ1v) is 7.52. The van der Waals surface area contributed by atoms with Gasteiger partial charge in [-0.3, -0.25) is 0 Å². The summed E-state index contributed by atoms with van der Waals surface area (Å²) in [6.45, 7) is 6.83. The van der Waals surface area contributed by atoms with Gasteiger partial charge in [-0.15, -0.1) is 0 Å². The van der Waals surface area contributed by atoms with Crippen molar-refractivity contribution in [3.63, 3.8) is 0 Å². The van der Waals surface area contributed by atoms with Gasteiger partial charge in [-0.05, 0) is 56.6 Å². The van der Waals surface area contributed by atoms with Gasteiger partial charge in [0.1, 0.15) is 12.4 Å². The molecule has 2 rings (SSSR count). The summed E-state index contributed by atoms with van der Waals surface area (Å²) in [5.74, 6) is 0.841. The van der Waals surface area contributed by atoms with Crippen LogP contribution in [-0.4, -0.2) is 13.7 Å². The average molecular weight is 304 g/mol. The number of likely N-dealkylation sites (N-methyl/N-ethyl adjacent to an activating group) is 1. The van der Waals surface area contributed by atoms with Crippen LogP contribution in [0.4, 0.5) is 0 Å². The van der Waals surface area contributed by atoms with Crippen LogP contribution in [0.3, 0.4) is 0 Å². The van der Waals surface area contributed by atoms with Crippen LogP contribution in [0.15, 0.2) is 36.4 Å². The molecule has 0 aliphatic rings. The topological polar surface area (TPSA) is 21.3 Å². The Morgan fingerprint density at radius 1 is 1.05 bits per heavy atom. The summed E-state index contributed by atoms with van der Waals surface area (Å²) in [5.41, 5.74) is 4.90. The van der Waals surface area contributed by atoms with Gasteiger partial charge in [0.15, 0.2) is 0 Å². The van der Waals surface area contributed by atoms with Crippen LogP contribution >= 0.6 is 11.6 Å². The first-order chi connectivity index (χ1) is 10.0. The Hall–Kier alpha value is -1.51. The van der Waals surface area contributed by atoms with Crippen molar-refractivity contribution in [3.05, 3.63) is 63.7 Å². The number of halogens is 1. The van der Waals surface area contributed by atoms with E-state index in [1.807, 2.05) is 32.2 Å². The van der Waals surface area contributed by atoms with Gasteiger partial charge >= 0.3 is 0 Å².